The third kappa shape index (κ3) is 10.1. The quantitative estimate of drug-likeness (QED) is 0.343. The molecule has 1 rings (SSSR count). The summed E-state index contributed by atoms with van der Waals surface area (Å²) in [6.07, 6.45) is -4.38. The fourth-order valence-corrected chi connectivity index (χ4v) is 2.10. The van der Waals surface area contributed by atoms with Crippen LogP contribution in [-0.2, 0) is 10.9 Å². The van der Waals surface area contributed by atoms with Crippen LogP contribution >= 0.6 is 11.6 Å². The number of guanidine groups is 1. The number of nitrogens with zero attached hydrogens (tertiary/aromatic N) is 2. The van der Waals surface area contributed by atoms with Gasteiger partial charge in [0.25, 0.3) is 0 Å². The first-order valence-corrected chi connectivity index (χ1v) is 9.07. The standard InChI is InChI=1S/C17H25ClF3N5O3/c1-16(2,3)29-15(27)25-6-5-23-14(22-4)24-7-8-28-13-12(18)9-11(10-26-13)17(19,20)21/h9-10H,5-8H2,1-4H3,(H,25,27)(H2,22,23,24). The number of carbonyl (C=O) groups is 1. The lowest BCUT2D eigenvalue weighted by Crippen LogP contribution is -2.43. The first-order chi connectivity index (χ1) is 13.4. The van der Waals surface area contributed by atoms with Crippen LogP contribution < -0.4 is 20.7 Å². The van der Waals surface area contributed by atoms with E-state index in [0.29, 0.717) is 25.2 Å². The molecule has 0 atom stereocenters. The molecule has 12 heteroatoms. The van der Waals surface area contributed by atoms with Crippen LogP contribution in [0.3, 0.4) is 0 Å². The molecule has 29 heavy (non-hydrogen) atoms. The summed E-state index contributed by atoms with van der Waals surface area (Å²) >= 11 is 5.77. The van der Waals surface area contributed by atoms with Gasteiger partial charge in [-0.3, -0.25) is 4.99 Å². The van der Waals surface area contributed by atoms with Gasteiger partial charge >= 0.3 is 12.3 Å². The molecular weight excluding hydrogens is 415 g/mol. The fraction of sp³-hybridized carbons (Fsp3) is 0.588. The van der Waals surface area contributed by atoms with Crippen LogP contribution in [0.2, 0.25) is 5.02 Å². The predicted molar refractivity (Wildman–Crippen MR) is 103 cm³/mol. The molecule has 3 N–H and O–H groups in total. The lowest BCUT2D eigenvalue weighted by atomic mass is 10.2. The van der Waals surface area contributed by atoms with E-state index in [1.807, 2.05) is 0 Å². The summed E-state index contributed by atoms with van der Waals surface area (Å²) in [4.78, 5) is 19.1. The largest absolute Gasteiger partial charge is 0.475 e. The highest BCUT2D eigenvalue weighted by molar-refractivity contribution is 6.31. The van der Waals surface area contributed by atoms with Crippen molar-refractivity contribution in [2.45, 2.75) is 32.5 Å². The molecule has 0 aromatic carbocycles. The molecule has 8 nitrogen and oxygen atoms in total. The number of halogens is 4. The number of rotatable bonds is 7. The lowest BCUT2D eigenvalue weighted by molar-refractivity contribution is -0.137. The average Bonchev–Trinajstić information content (AvgIpc) is 2.59. The number of alkyl halides is 3. The minimum absolute atomic E-state index is 0.0917. The van der Waals surface area contributed by atoms with Crippen molar-refractivity contribution in [3.05, 3.63) is 22.8 Å². The molecule has 0 fully saturated rings. The third-order valence-electron chi connectivity index (χ3n) is 3.08. The average molecular weight is 440 g/mol. The monoisotopic (exact) mass is 439 g/mol. The van der Waals surface area contributed by atoms with E-state index in [2.05, 4.69) is 25.9 Å². The zero-order valence-corrected chi connectivity index (χ0v) is 17.4. The van der Waals surface area contributed by atoms with E-state index in [-0.39, 0.29) is 24.1 Å². The number of carbonyl (C=O) groups excluding carboxylic acids is 1. The van der Waals surface area contributed by atoms with E-state index in [0.717, 1.165) is 6.07 Å². The molecule has 0 saturated heterocycles. The summed E-state index contributed by atoms with van der Waals surface area (Å²) in [5, 5.41) is 8.28. The summed E-state index contributed by atoms with van der Waals surface area (Å²) in [7, 11) is 1.56. The van der Waals surface area contributed by atoms with Crippen molar-refractivity contribution in [2.24, 2.45) is 4.99 Å². The van der Waals surface area contributed by atoms with Crippen LogP contribution in [0.25, 0.3) is 0 Å². The molecule has 1 heterocycles. The highest BCUT2D eigenvalue weighted by Gasteiger charge is 2.31. The Labute approximate surface area is 172 Å². The number of ether oxygens (including phenoxy) is 2. The molecular formula is C17H25ClF3N5O3. The summed E-state index contributed by atoms with van der Waals surface area (Å²) in [5.74, 6) is 0.358. The number of aliphatic imine (C=N–C) groups is 1. The van der Waals surface area contributed by atoms with Crippen molar-refractivity contribution in [3.63, 3.8) is 0 Å². The molecule has 0 radical (unpaired) electrons. The number of nitrogens with one attached hydrogen (secondary N) is 3. The molecule has 0 bridgehead atoms. The Morgan fingerprint density at radius 1 is 1.17 bits per heavy atom. The van der Waals surface area contributed by atoms with Gasteiger partial charge in [0.15, 0.2) is 5.96 Å². The molecule has 0 aliphatic heterocycles. The Bertz CT molecular complexity index is 709. The van der Waals surface area contributed by atoms with E-state index in [4.69, 9.17) is 21.1 Å². The predicted octanol–water partition coefficient (Wildman–Crippen LogP) is 2.82. The third-order valence-corrected chi connectivity index (χ3v) is 3.35. The van der Waals surface area contributed by atoms with Crippen LogP contribution in [-0.4, -0.2) is 55.9 Å². The van der Waals surface area contributed by atoms with E-state index < -0.39 is 23.4 Å². The smallest absolute Gasteiger partial charge is 0.417 e. The normalized spacial score (nSPS) is 12.3. The Balaban J connectivity index is 2.30. The molecule has 0 unspecified atom stereocenters. The second kappa shape index (κ2) is 10.9. The van der Waals surface area contributed by atoms with E-state index in [9.17, 15) is 18.0 Å². The van der Waals surface area contributed by atoms with E-state index in [1.54, 1.807) is 27.8 Å². The molecule has 0 aliphatic carbocycles. The number of aromatic nitrogens is 1. The maximum atomic E-state index is 12.6. The number of pyridine rings is 1. The lowest BCUT2D eigenvalue weighted by Gasteiger charge is -2.20. The van der Waals surface area contributed by atoms with E-state index in [1.165, 1.54) is 0 Å². The summed E-state index contributed by atoms with van der Waals surface area (Å²) in [6, 6.07) is 0.759. The van der Waals surface area contributed by atoms with Gasteiger partial charge in [-0.1, -0.05) is 11.6 Å². The summed E-state index contributed by atoms with van der Waals surface area (Å²) < 4.78 is 48.1. The van der Waals surface area contributed by atoms with Crippen molar-refractivity contribution in [1.29, 1.82) is 0 Å². The van der Waals surface area contributed by atoms with Crippen LogP contribution in [0.5, 0.6) is 5.88 Å². The Kier molecular flexibility index (Phi) is 9.28. The maximum absolute atomic E-state index is 12.6. The van der Waals surface area contributed by atoms with E-state index >= 15 is 0 Å². The zero-order valence-electron chi connectivity index (χ0n) is 16.6. The Morgan fingerprint density at radius 2 is 1.79 bits per heavy atom. The molecule has 0 aliphatic rings. The van der Waals surface area contributed by atoms with Crippen LogP contribution in [0.4, 0.5) is 18.0 Å². The van der Waals surface area contributed by atoms with Gasteiger partial charge in [0, 0.05) is 26.3 Å². The highest BCUT2D eigenvalue weighted by Crippen LogP contribution is 2.32. The van der Waals surface area contributed by atoms with Gasteiger partial charge in [-0.25, -0.2) is 9.78 Å². The van der Waals surface area contributed by atoms with Crippen LogP contribution in [0, 0.1) is 0 Å². The SMILES string of the molecule is CN=C(NCCNC(=O)OC(C)(C)C)NCCOc1ncc(C(F)(F)F)cc1Cl. The first kappa shape index (κ1) is 24.6. The molecule has 1 aromatic rings. The highest BCUT2D eigenvalue weighted by atomic mass is 35.5. The van der Waals surface area contributed by atoms with Crippen molar-refractivity contribution < 1.29 is 27.4 Å². The summed E-state index contributed by atoms with van der Waals surface area (Å²) in [5.41, 5.74) is -1.52. The topological polar surface area (TPSA) is 96.9 Å². The second-order valence-electron chi connectivity index (χ2n) is 6.71. The van der Waals surface area contributed by atoms with Gasteiger partial charge < -0.3 is 25.4 Å². The van der Waals surface area contributed by atoms with Crippen molar-refractivity contribution >= 4 is 23.7 Å². The second-order valence-corrected chi connectivity index (χ2v) is 7.12. The number of amides is 1. The van der Waals surface area contributed by atoms with Crippen LogP contribution in [0.15, 0.2) is 17.3 Å². The molecule has 1 aromatic heterocycles. The molecule has 0 spiro atoms. The number of hydrogen-bond donors (Lipinski definition) is 3. The zero-order chi connectivity index (χ0) is 22.1. The van der Waals surface area contributed by atoms with Gasteiger partial charge in [-0.2, -0.15) is 13.2 Å². The van der Waals surface area contributed by atoms with Crippen molar-refractivity contribution in [1.82, 2.24) is 20.9 Å². The van der Waals surface area contributed by atoms with Gasteiger partial charge in [0.2, 0.25) is 5.88 Å². The van der Waals surface area contributed by atoms with Crippen molar-refractivity contribution in [2.75, 3.05) is 33.3 Å². The van der Waals surface area contributed by atoms with Crippen LogP contribution in [0.1, 0.15) is 26.3 Å². The Hall–Kier alpha value is -2.43. The maximum Gasteiger partial charge on any atom is 0.417 e. The number of alkyl carbamates (subject to hydrolysis) is 1. The minimum atomic E-state index is -4.52. The first-order valence-electron chi connectivity index (χ1n) is 8.69. The molecule has 0 saturated carbocycles. The minimum Gasteiger partial charge on any atom is -0.475 e. The fourth-order valence-electron chi connectivity index (χ4n) is 1.88. The van der Waals surface area contributed by atoms with Gasteiger partial charge in [-0.05, 0) is 26.8 Å². The van der Waals surface area contributed by atoms with Crippen molar-refractivity contribution in [3.8, 4) is 5.88 Å². The molecule has 164 valence electrons. The Morgan fingerprint density at radius 3 is 2.34 bits per heavy atom. The van der Waals surface area contributed by atoms with Gasteiger partial charge in [0.1, 0.15) is 17.2 Å². The van der Waals surface area contributed by atoms with Gasteiger partial charge in [0.05, 0.1) is 12.1 Å². The molecule has 1 amide bonds. The van der Waals surface area contributed by atoms with Gasteiger partial charge in [-0.15, -0.1) is 0 Å². The number of hydrogen-bond acceptors (Lipinski definition) is 5. The summed E-state index contributed by atoms with van der Waals surface area (Å²) in [6.45, 7) is 6.40.